The van der Waals surface area contributed by atoms with Crippen LogP contribution in [0.3, 0.4) is 0 Å². The molecular weight excluding hydrogens is 326 g/mol. The predicted molar refractivity (Wildman–Crippen MR) is 93.1 cm³/mol. The van der Waals surface area contributed by atoms with Gasteiger partial charge in [-0.1, -0.05) is 0 Å². The molecule has 0 atom stereocenters. The second kappa shape index (κ2) is 7.18. The van der Waals surface area contributed by atoms with Gasteiger partial charge in [0.2, 0.25) is 5.91 Å². The largest absolute Gasteiger partial charge is 0.463 e. The SMILES string of the molecule is CSc1ccc(NC(=O)Cn2nc(-c3ccco3)ccc2=O)cc1. The Morgan fingerprint density at radius 1 is 1.21 bits per heavy atom. The highest BCUT2D eigenvalue weighted by Crippen LogP contribution is 2.17. The van der Waals surface area contributed by atoms with Gasteiger partial charge in [0.05, 0.1) is 6.26 Å². The second-order valence-electron chi connectivity index (χ2n) is 4.97. The van der Waals surface area contributed by atoms with E-state index in [9.17, 15) is 9.59 Å². The van der Waals surface area contributed by atoms with Gasteiger partial charge < -0.3 is 9.73 Å². The second-order valence-corrected chi connectivity index (χ2v) is 5.85. The summed E-state index contributed by atoms with van der Waals surface area (Å²) in [5, 5.41) is 6.92. The van der Waals surface area contributed by atoms with Crippen molar-refractivity contribution in [2.24, 2.45) is 0 Å². The molecule has 1 amide bonds. The van der Waals surface area contributed by atoms with E-state index in [0.717, 1.165) is 9.58 Å². The molecule has 0 fully saturated rings. The monoisotopic (exact) mass is 341 g/mol. The van der Waals surface area contributed by atoms with Gasteiger partial charge in [0.25, 0.3) is 5.56 Å². The maximum absolute atomic E-state index is 12.1. The molecule has 0 aliphatic rings. The Morgan fingerprint density at radius 3 is 2.67 bits per heavy atom. The summed E-state index contributed by atoms with van der Waals surface area (Å²) in [6.45, 7) is -0.169. The summed E-state index contributed by atoms with van der Waals surface area (Å²) in [5.74, 6) is 0.218. The molecule has 0 saturated carbocycles. The van der Waals surface area contributed by atoms with Crippen LogP contribution in [0, 0.1) is 0 Å². The number of hydrogen-bond acceptors (Lipinski definition) is 5. The van der Waals surface area contributed by atoms with Crippen LogP contribution in [-0.4, -0.2) is 21.9 Å². The zero-order valence-corrected chi connectivity index (χ0v) is 13.7. The van der Waals surface area contributed by atoms with Gasteiger partial charge in [-0.15, -0.1) is 11.8 Å². The molecule has 0 saturated heterocycles. The first-order chi connectivity index (χ1) is 11.7. The zero-order valence-electron chi connectivity index (χ0n) is 12.9. The highest BCUT2D eigenvalue weighted by atomic mass is 32.2. The van der Waals surface area contributed by atoms with E-state index in [1.165, 1.54) is 12.3 Å². The van der Waals surface area contributed by atoms with E-state index < -0.39 is 0 Å². The molecule has 0 aliphatic heterocycles. The summed E-state index contributed by atoms with van der Waals surface area (Å²) in [6.07, 6.45) is 3.51. The molecule has 0 radical (unpaired) electrons. The lowest BCUT2D eigenvalue weighted by molar-refractivity contribution is -0.117. The van der Waals surface area contributed by atoms with E-state index in [1.807, 2.05) is 30.5 Å². The molecule has 7 heteroatoms. The maximum Gasteiger partial charge on any atom is 0.267 e. The predicted octanol–water partition coefficient (Wildman–Crippen LogP) is 2.86. The van der Waals surface area contributed by atoms with Crippen LogP contribution in [0.5, 0.6) is 0 Å². The van der Waals surface area contributed by atoms with Crippen LogP contribution in [0.1, 0.15) is 0 Å². The van der Waals surface area contributed by atoms with Gasteiger partial charge in [-0.3, -0.25) is 9.59 Å². The lowest BCUT2D eigenvalue weighted by atomic mass is 10.3. The highest BCUT2D eigenvalue weighted by molar-refractivity contribution is 7.98. The van der Waals surface area contributed by atoms with Crippen molar-refractivity contribution in [1.82, 2.24) is 9.78 Å². The van der Waals surface area contributed by atoms with Crippen LogP contribution < -0.4 is 10.9 Å². The van der Waals surface area contributed by atoms with Gasteiger partial charge in [0.1, 0.15) is 12.2 Å². The molecule has 2 aromatic heterocycles. The van der Waals surface area contributed by atoms with Crippen molar-refractivity contribution in [3.8, 4) is 11.5 Å². The third-order valence-corrected chi connectivity index (χ3v) is 4.05. The minimum atomic E-state index is -0.349. The fourth-order valence-corrected chi connectivity index (χ4v) is 2.54. The highest BCUT2D eigenvalue weighted by Gasteiger charge is 2.09. The van der Waals surface area contributed by atoms with Gasteiger partial charge in [0, 0.05) is 16.6 Å². The van der Waals surface area contributed by atoms with Crippen molar-refractivity contribution in [3.05, 3.63) is 65.1 Å². The van der Waals surface area contributed by atoms with Crippen LogP contribution in [0.2, 0.25) is 0 Å². The number of aromatic nitrogens is 2. The molecule has 6 nitrogen and oxygen atoms in total. The number of nitrogens with one attached hydrogen (secondary N) is 1. The first-order valence-corrected chi connectivity index (χ1v) is 8.44. The minimum absolute atomic E-state index is 0.169. The third-order valence-electron chi connectivity index (χ3n) is 3.31. The van der Waals surface area contributed by atoms with Crippen LogP contribution in [0.15, 0.2) is 68.9 Å². The Bertz CT molecular complexity index is 886. The van der Waals surface area contributed by atoms with E-state index in [1.54, 1.807) is 30.0 Å². The molecule has 0 aliphatic carbocycles. The van der Waals surface area contributed by atoms with Gasteiger partial charge in [-0.25, -0.2) is 4.68 Å². The summed E-state index contributed by atoms with van der Waals surface area (Å²) in [4.78, 5) is 25.2. The van der Waals surface area contributed by atoms with Crippen molar-refractivity contribution in [1.29, 1.82) is 0 Å². The van der Waals surface area contributed by atoms with E-state index >= 15 is 0 Å². The van der Waals surface area contributed by atoms with Crippen molar-refractivity contribution < 1.29 is 9.21 Å². The molecular formula is C17H15N3O3S. The minimum Gasteiger partial charge on any atom is -0.463 e. The van der Waals surface area contributed by atoms with E-state index in [2.05, 4.69) is 10.4 Å². The summed E-state index contributed by atoms with van der Waals surface area (Å²) < 4.78 is 6.37. The summed E-state index contributed by atoms with van der Waals surface area (Å²) in [5.41, 5.74) is 0.822. The fraction of sp³-hybridized carbons (Fsp3) is 0.118. The van der Waals surface area contributed by atoms with Crippen LogP contribution >= 0.6 is 11.8 Å². The fourth-order valence-electron chi connectivity index (χ4n) is 2.13. The Kier molecular flexibility index (Phi) is 4.81. The zero-order chi connectivity index (χ0) is 16.9. The molecule has 0 unspecified atom stereocenters. The average Bonchev–Trinajstić information content (AvgIpc) is 3.12. The number of furan rings is 1. The number of hydrogen-bond donors (Lipinski definition) is 1. The van der Waals surface area contributed by atoms with Crippen LogP contribution in [-0.2, 0) is 11.3 Å². The van der Waals surface area contributed by atoms with Crippen molar-refractivity contribution >= 4 is 23.4 Å². The third kappa shape index (κ3) is 3.75. The molecule has 3 aromatic rings. The van der Waals surface area contributed by atoms with E-state index in [0.29, 0.717) is 17.1 Å². The average molecular weight is 341 g/mol. The quantitative estimate of drug-likeness (QED) is 0.722. The summed E-state index contributed by atoms with van der Waals surface area (Å²) >= 11 is 1.62. The lowest BCUT2D eigenvalue weighted by Crippen LogP contribution is -2.29. The summed E-state index contributed by atoms with van der Waals surface area (Å²) in [6, 6.07) is 13.9. The van der Waals surface area contributed by atoms with Gasteiger partial charge in [-0.05, 0) is 48.7 Å². The Morgan fingerprint density at radius 2 is 2.00 bits per heavy atom. The number of benzene rings is 1. The first-order valence-electron chi connectivity index (χ1n) is 7.21. The van der Waals surface area contributed by atoms with Crippen LogP contribution in [0.4, 0.5) is 5.69 Å². The topological polar surface area (TPSA) is 77.1 Å². The first kappa shape index (κ1) is 16.1. The van der Waals surface area contributed by atoms with Crippen molar-refractivity contribution in [2.45, 2.75) is 11.4 Å². The molecule has 0 spiro atoms. The molecule has 0 bridgehead atoms. The van der Waals surface area contributed by atoms with E-state index in [4.69, 9.17) is 4.42 Å². The van der Waals surface area contributed by atoms with Crippen LogP contribution in [0.25, 0.3) is 11.5 Å². The normalized spacial score (nSPS) is 10.5. The van der Waals surface area contributed by atoms with Crippen molar-refractivity contribution in [2.75, 3.05) is 11.6 Å². The van der Waals surface area contributed by atoms with E-state index in [-0.39, 0.29) is 18.0 Å². The summed E-state index contributed by atoms with van der Waals surface area (Å²) in [7, 11) is 0. The molecule has 24 heavy (non-hydrogen) atoms. The number of amides is 1. The lowest BCUT2D eigenvalue weighted by Gasteiger charge is -2.08. The molecule has 2 heterocycles. The van der Waals surface area contributed by atoms with Gasteiger partial charge in [-0.2, -0.15) is 5.10 Å². The molecule has 1 N–H and O–H groups in total. The number of carbonyl (C=O) groups is 1. The number of rotatable bonds is 5. The Hall–Kier alpha value is -2.80. The number of carbonyl (C=O) groups excluding carboxylic acids is 1. The number of anilines is 1. The smallest absolute Gasteiger partial charge is 0.267 e. The number of thioether (sulfide) groups is 1. The molecule has 122 valence electrons. The molecule has 1 aromatic carbocycles. The van der Waals surface area contributed by atoms with Gasteiger partial charge in [0.15, 0.2) is 5.76 Å². The van der Waals surface area contributed by atoms with Gasteiger partial charge >= 0.3 is 0 Å². The standard InChI is InChI=1S/C17H15N3O3S/c1-24-13-6-4-12(5-7-13)18-16(21)11-20-17(22)9-8-14(19-20)15-3-2-10-23-15/h2-10H,11H2,1H3,(H,18,21). The Balaban J connectivity index is 1.73. The molecule has 3 rings (SSSR count). The number of nitrogens with zero attached hydrogens (tertiary/aromatic N) is 2. The Labute approximate surface area is 142 Å². The maximum atomic E-state index is 12.1. The van der Waals surface area contributed by atoms with Crippen molar-refractivity contribution in [3.63, 3.8) is 0 Å².